The van der Waals surface area contributed by atoms with Gasteiger partial charge in [0.05, 0.1) is 24.4 Å². The van der Waals surface area contributed by atoms with Gasteiger partial charge in [-0.15, -0.1) is 0 Å². The average molecular weight is 253 g/mol. The molecule has 0 aromatic carbocycles. The lowest BCUT2D eigenvalue weighted by Gasteiger charge is -2.19. The third kappa shape index (κ3) is 3.84. The summed E-state index contributed by atoms with van der Waals surface area (Å²) in [5.41, 5.74) is 2.26. The Balaban J connectivity index is 2.56. The van der Waals surface area contributed by atoms with E-state index in [1.165, 1.54) is 7.11 Å². The molecule has 1 heterocycles. The van der Waals surface area contributed by atoms with E-state index in [0.717, 1.165) is 24.4 Å². The number of nitrogens with zero attached hydrogens (tertiary/aromatic N) is 3. The Morgan fingerprint density at radius 1 is 1.61 bits per heavy atom. The molecule has 0 aliphatic carbocycles. The van der Waals surface area contributed by atoms with Crippen LogP contribution in [0.3, 0.4) is 0 Å². The molecule has 1 aromatic heterocycles. The molecule has 0 amide bonds. The van der Waals surface area contributed by atoms with Gasteiger partial charge in [0.15, 0.2) is 0 Å². The number of hydrogen-bond donors (Lipinski definition) is 0. The molecule has 0 saturated heterocycles. The van der Waals surface area contributed by atoms with E-state index in [4.69, 9.17) is 4.74 Å². The molecule has 102 valence electrons. The van der Waals surface area contributed by atoms with Crippen LogP contribution in [0.5, 0.6) is 0 Å². The first-order chi connectivity index (χ1) is 8.47. The summed E-state index contributed by atoms with van der Waals surface area (Å²) >= 11 is 0. The van der Waals surface area contributed by atoms with Crippen LogP contribution in [0.15, 0.2) is 6.07 Å². The van der Waals surface area contributed by atoms with Gasteiger partial charge in [0.25, 0.3) is 0 Å². The van der Waals surface area contributed by atoms with Crippen molar-refractivity contribution < 1.29 is 9.53 Å². The maximum absolute atomic E-state index is 11.4. The summed E-state index contributed by atoms with van der Waals surface area (Å²) in [4.78, 5) is 13.5. The number of rotatable bonds is 6. The van der Waals surface area contributed by atoms with Gasteiger partial charge in [-0.1, -0.05) is 13.8 Å². The third-order valence-electron chi connectivity index (χ3n) is 3.01. The van der Waals surface area contributed by atoms with Crippen molar-refractivity contribution in [3.05, 3.63) is 17.5 Å². The van der Waals surface area contributed by atoms with E-state index in [2.05, 4.69) is 23.0 Å². The summed E-state index contributed by atoms with van der Waals surface area (Å²) in [5, 5.41) is 4.41. The minimum Gasteiger partial charge on any atom is -0.469 e. The largest absolute Gasteiger partial charge is 0.469 e. The summed E-state index contributed by atoms with van der Waals surface area (Å²) in [5.74, 6) is -0.278. The minimum atomic E-state index is -0.166. The Kier molecular flexibility index (Phi) is 5.34. The number of esters is 1. The molecule has 0 fully saturated rings. The molecule has 0 aliphatic rings. The van der Waals surface area contributed by atoms with Crippen molar-refractivity contribution in [3.8, 4) is 0 Å². The molecular weight excluding hydrogens is 230 g/mol. The highest BCUT2D eigenvalue weighted by Gasteiger charge is 2.16. The molecule has 0 spiro atoms. The maximum Gasteiger partial charge on any atom is 0.309 e. The number of hydrogen-bond acceptors (Lipinski definition) is 4. The van der Waals surface area contributed by atoms with Crippen LogP contribution < -0.4 is 0 Å². The topological polar surface area (TPSA) is 47.4 Å². The van der Waals surface area contributed by atoms with E-state index in [1.54, 1.807) is 0 Å². The second kappa shape index (κ2) is 6.54. The van der Waals surface area contributed by atoms with Crippen LogP contribution in [-0.4, -0.2) is 41.4 Å². The average Bonchev–Trinajstić information content (AvgIpc) is 2.68. The summed E-state index contributed by atoms with van der Waals surface area (Å²) in [6.07, 6.45) is 0.941. The van der Waals surface area contributed by atoms with Gasteiger partial charge in [0.1, 0.15) is 0 Å². The van der Waals surface area contributed by atoms with Crippen molar-refractivity contribution in [2.24, 2.45) is 13.0 Å². The molecule has 0 N–H and O–H groups in total. The summed E-state index contributed by atoms with van der Waals surface area (Å²) in [6, 6.07) is 2.11. The quantitative estimate of drug-likeness (QED) is 0.715. The molecule has 1 atom stereocenters. The molecule has 0 radical (unpaired) electrons. The molecule has 1 unspecified atom stereocenters. The Bertz CT molecular complexity index is 401. The smallest absolute Gasteiger partial charge is 0.309 e. The zero-order valence-electron chi connectivity index (χ0n) is 11.9. The maximum atomic E-state index is 11.4. The molecule has 5 nitrogen and oxygen atoms in total. The van der Waals surface area contributed by atoms with E-state index in [-0.39, 0.29) is 11.9 Å². The normalized spacial score (nSPS) is 12.8. The number of aromatic nitrogens is 2. The first kappa shape index (κ1) is 14.7. The van der Waals surface area contributed by atoms with Crippen molar-refractivity contribution in [2.75, 3.05) is 20.7 Å². The lowest BCUT2D eigenvalue weighted by molar-refractivity contribution is -0.145. The second-order valence-corrected chi connectivity index (χ2v) is 4.73. The predicted molar refractivity (Wildman–Crippen MR) is 70.1 cm³/mol. The zero-order valence-corrected chi connectivity index (χ0v) is 11.9. The summed E-state index contributed by atoms with van der Waals surface area (Å²) in [6.45, 7) is 5.43. The summed E-state index contributed by atoms with van der Waals surface area (Å²) in [7, 11) is 5.37. The van der Waals surface area contributed by atoms with E-state index in [1.807, 2.05) is 25.7 Å². The zero-order chi connectivity index (χ0) is 13.7. The van der Waals surface area contributed by atoms with Crippen molar-refractivity contribution in [3.63, 3.8) is 0 Å². The van der Waals surface area contributed by atoms with Crippen LogP contribution in [0.25, 0.3) is 0 Å². The van der Waals surface area contributed by atoms with Crippen molar-refractivity contribution in [1.82, 2.24) is 14.7 Å². The lowest BCUT2D eigenvalue weighted by atomic mass is 10.1. The number of methoxy groups -OCH3 is 1. The van der Waals surface area contributed by atoms with E-state index >= 15 is 0 Å². The highest BCUT2D eigenvalue weighted by molar-refractivity contribution is 5.72. The van der Waals surface area contributed by atoms with Crippen molar-refractivity contribution in [2.45, 2.75) is 26.8 Å². The van der Waals surface area contributed by atoms with E-state index < -0.39 is 0 Å². The molecule has 0 aliphatic heterocycles. The fraction of sp³-hybridized carbons (Fsp3) is 0.692. The van der Waals surface area contributed by atoms with Gasteiger partial charge in [0.2, 0.25) is 0 Å². The second-order valence-electron chi connectivity index (χ2n) is 4.73. The number of aryl methyl sites for hydroxylation is 2. The molecular formula is C13H23N3O2. The Hall–Kier alpha value is -1.36. The van der Waals surface area contributed by atoms with Gasteiger partial charge in [0, 0.05) is 20.1 Å². The lowest BCUT2D eigenvalue weighted by Crippen LogP contribution is -2.29. The molecule has 1 rings (SSSR count). The van der Waals surface area contributed by atoms with Gasteiger partial charge >= 0.3 is 5.97 Å². The third-order valence-corrected chi connectivity index (χ3v) is 3.01. The number of carbonyl (C=O) groups is 1. The highest BCUT2D eigenvalue weighted by atomic mass is 16.5. The van der Waals surface area contributed by atoms with Crippen molar-refractivity contribution >= 4 is 5.97 Å². The Morgan fingerprint density at radius 3 is 2.78 bits per heavy atom. The Morgan fingerprint density at radius 2 is 2.28 bits per heavy atom. The van der Waals surface area contributed by atoms with Crippen LogP contribution in [0.2, 0.25) is 0 Å². The fourth-order valence-electron chi connectivity index (χ4n) is 1.98. The van der Waals surface area contributed by atoms with Crippen LogP contribution >= 0.6 is 0 Å². The molecule has 0 bridgehead atoms. The number of ether oxygens (including phenoxy) is 1. The van der Waals surface area contributed by atoms with Crippen LogP contribution in [-0.2, 0) is 29.5 Å². The van der Waals surface area contributed by atoms with Crippen molar-refractivity contribution in [1.29, 1.82) is 0 Å². The van der Waals surface area contributed by atoms with Gasteiger partial charge in [-0.2, -0.15) is 5.10 Å². The fourth-order valence-corrected chi connectivity index (χ4v) is 1.98. The van der Waals surface area contributed by atoms with Gasteiger partial charge in [-0.3, -0.25) is 14.4 Å². The Labute approximate surface area is 109 Å². The molecule has 0 saturated carbocycles. The molecule has 1 aromatic rings. The molecule has 18 heavy (non-hydrogen) atoms. The first-order valence-electron chi connectivity index (χ1n) is 6.26. The first-order valence-corrected chi connectivity index (χ1v) is 6.26. The predicted octanol–water partition coefficient (Wildman–Crippen LogP) is 1.22. The van der Waals surface area contributed by atoms with Crippen LogP contribution in [0.1, 0.15) is 25.2 Å². The monoisotopic (exact) mass is 253 g/mol. The van der Waals surface area contributed by atoms with E-state index in [0.29, 0.717) is 6.54 Å². The minimum absolute atomic E-state index is 0.112. The van der Waals surface area contributed by atoms with Gasteiger partial charge in [-0.05, 0) is 19.5 Å². The van der Waals surface area contributed by atoms with Crippen LogP contribution in [0, 0.1) is 5.92 Å². The highest BCUT2D eigenvalue weighted by Crippen LogP contribution is 2.08. The SMILES string of the molecule is CCc1cc(CN(C)CC(C)C(=O)OC)n(C)n1. The summed E-state index contributed by atoms with van der Waals surface area (Å²) < 4.78 is 6.63. The van der Waals surface area contributed by atoms with Gasteiger partial charge in [-0.25, -0.2) is 0 Å². The van der Waals surface area contributed by atoms with Gasteiger partial charge < -0.3 is 4.74 Å². The van der Waals surface area contributed by atoms with Crippen LogP contribution in [0.4, 0.5) is 0 Å². The molecule has 5 heteroatoms. The standard InChI is InChI=1S/C13H23N3O2/c1-6-11-7-12(16(4)14-11)9-15(3)8-10(2)13(17)18-5/h7,10H,6,8-9H2,1-5H3. The number of carbonyl (C=O) groups excluding carboxylic acids is 1. The van der Waals surface area contributed by atoms with E-state index in [9.17, 15) is 4.79 Å².